The maximum Gasteiger partial charge on any atom is 0.130 e. The van der Waals surface area contributed by atoms with E-state index >= 15 is 0 Å². The number of aromatic hydroxyl groups is 1. The zero-order chi connectivity index (χ0) is 11.2. The van der Waals surface area contributed by atoms with Crippen molar-refractivity contribution in [2.24, 2.45) is 5.73 Å². The molecular formula is C12H16BrNO. The third kappa shape index (κ3) is 1.58. The monoisotopic (exact) mass is 269 g/mol. The molecule has 2 nitrogen and oxygen atoms in total. The quantitative estimate of drug-likeness (QED) is 0.868. The number of phenolic OH excluding ortho intramolecular Hbond substituents is 1. The highest BCUT2D eigenvalue weighted by molar-refractivity contribution is 9.10. The van der Waals surface area contributed by atoms with Crippen LogP contribution in [0.2, 0.25) is 0 Å². The van der Waals surface area contributed by atoms with Crippen molar-refractivity contribution in [1.29, 1.82) is 0 Å². The SMILES string of the molecule is Cc1cc(O)c(Br)c(C)c1C1(CN)CC1. The Kier molecular flexibility index (Phi) is 2.55. The van der Waals surface area contributed by atoms with Crippen LogP contribution in [0.3, 0.4) is 0 Å². The highest BCUT2D eigenvalue weighted by Gasteiger charge is 2.45. The Morgan fingerprint density at radius 2 is 2.07 bits per heavy atom. The molecule has 0 aromatic heterocycles. The van der Waals surface area contributed by atoms with Crippen LogP contribution < -0.4 is 5.73 Å². The molecule has 82 valence electrons. The van der Waals surface area contributed by atoms with Gasteiger partial charge in [0.1, 0.15) is 5.75 Å². The molecule has 0 radical (unpaired) electrons. The maximum atomic E-state index is 9.69. The van der Waals surface area contributed by atoms with Crippen molar-refractivity contribution in [3.05, 3.63) is 27.2 Å². The van der Waals surface area contributed by atoms with Crippen molar-refractivity contribution < 1.29 is 5.11 Å². The molecule has 0 heterocycles. The summed E-state index contributed by atoms with van der Waals surface area (Å²) in [4.78, 5) is 0. The highest BCUT2D eigenvalue weighted by Crippen LogP contribution is 2.51. The van der Waals surface area contributed by atoms with Gasteiger partial charge in [-0.15, -0.1) is 0 Å². The minimum absolute atomic E-state index is 0.185. The molecule has 0 saturated heterocycles. The maximum absolute atomic E-state index is 9.69. The predicted molar refractivity (Wildman–Crippen MR) is 65.2 cm³/mol. The summed E-state index contributed by atoms with van der Waals surface area (Å²) in [5.74, 6) is 0.321. The van der Waals surface area contributed by atoms with Gasteiger partial charge in [0.15, 0.2) is 0 Å². The first-order valence-corrected chi connectivity index (χ1v) is 6.00. The lowest BCUT2D eigenvalue weighted by molar-refractivity contribution is 0.470. The summed E-state index contributed by atoms with van der Waals surface area (Å²) < 4.78 is 0.808. The number of hydrogen-bond donors (Lipinski definition) is 2. The van der Waals surface area contributed by atoms with Gasteiger partial charge in [0.2, 0.25) is 0 Å². The predicted octanol–water partition coefficient (Wildman–Crippen LogP) is 2.76. The summed E-state index contributed by atoms with van der Waals surface area (Å²) >= 11 is 3.42. The van der Waals surface area contributed by atoms with Crippen molar-refractivity contribution in [2.45, 2.75) is 32.1 Å². The van der Waals surface area contributed by atoms with E-state index in [-0.39, 0.29) is 5.41 Å². The Hall–Kier alpha value is -0.540. The van der Waals surface area contributed by atoms with Gasteiger partial charge < -0.3 is 10.8 Å². The zero-order valence-electron chi connectivity index (χ0n) is 9.10. The van der Waals surface area contributed by atoms with E-state index < -0.39 is 0 Å². The molecule has 0 aliphatic heterocycles. The Labute approximate surface area is 98.6 Å². The topological polar surface area (TPSA) is 46.2 Å². The summed E-state index contributed by atoms with van der Waals surface area (Å²) in [5.41, 5.74) is 9.65. The lowest BCUT2D eigenvalue weighted by atomic mass is 9.88. The van der Waals surface area contributed by atoms with Crippen LogP contribution >= 0.6 is 15.9 Å². The summed E-state index contributed by atoms with van der Waals surface area (Å²) in [5, 5.41) is 9.69. The summed E-state index contributed by atoms with van der Waals surface area (Å²) in [6, 6.07) is 1.82. The van der Waals surface area contributed by atoms with Crippen LogP contribution in [0.5, 0.6) is 5.75 Å². The van der Waals surface area contributed by atoms with Gasteiger partial charge in [0.25, 0.3) is 0 Å². The molecular weight excluding hydrogens is 254 g/mol. The number of halogens is 1. The van der Waals surface area contributed by atoms with E-state index in [4.69, 9.17) is 5.73 Å². The zero-order valence-corrected chi connectivity index (χ0v) is 10.7. The number of nitrogens with two attached hydrogens (primary N) is 1. The number of rotatable bonds is 2. The van der Waals surface area contributed by atoms with Crippen molar-refractivity contribution in [3.8, 4) is 5.75 Å². The Morgan fingerprint density at radius 3 is 2.53 bits per heavy atom. The number of benzene rings is 1. The third-order valence-corrected chi connectivity index (χ3v) is 4.45. The Balaban J connectivity index is 2.62. The summed E-state index contributed by atoms with van der Waals surface area (Å²) in [6.07, 6.45) is 2.34. The van der Waals surface area contributed by atoms with Crippen LogP contribution in [0.4, 0.5) is 0 Å². The van der Waals surface area contributed by atoms with Gasteiger partial charge in [-0.25, -0.2) is 0 Å². The van der Waals surface area contributed by atoms with E-state index in [0.29, 0.717) is 12.3 Å². The van der Waals surface area contributed by atoms with E-state index in [2.05, 4.69) is 15.9 Å². The van der Waals surface area contributed by atoms with E-state index in [9.17, 15) is 5.11 Å². The molecule has 1 saturated carbocycles. The third-order valence-electron chi connectivity index (χ3n) is 3.45. The van der Waals surface area contributed by atoms with Crippen LogP contribution in [-0.4, -0.2) is 11.7 Å². The second-order valence-electron chi connectivity index (χ2n) is 4.51. The first kappa shape index (κ1) is 11.0. The van der Waals surface area contributed by atoms with Gasteiger partial charge in [0.05, 0.1) is 4.47 Å². The van der Waals surface area contributed by atoms with Gasteiger partial charge >= 0.3 is 0 Å². The second-order valence-corrected chi connectivity index (χ2v) is 5.30. The van der Waals surface area contributed by atoms with Crippen molar-refractivity contribution >= 4 is 15.9 Å². The summed E-state index contributed by atoms with van der Waals surface area (Å²) in [6.45, 7) is 4.79. The smallest absolute Gasteiger partial charge is 0.130 e. The number of hydrogen-bond acceptors (Lipinski definition) is 2. The Bertz CT molecular complexity index is 411. The molecule has 3 heteroatoms. The molecule has 1 aromatic carbocycles. The van der Waals surface area contributed by atoms with Crippen molar-refractivity contribution in [1.82, 2.24) is 0 Å². The molecule has 0 unspecified atom stereocenters. The van der Waals surface area contributed by atoms with Crippen LogP contribution in [0.25, 0.3) is 0 Å². The molecule has 15 heavy (non-hydrogen) atoms. The van der Waals surface area contributed by atoms with Crippen molar-refractivity contribution in [3.63, 3.8) is 0 Å². The average molecular weight is 270 g/mol. The van der Waals surface area contributed by atoms with E-state index in [1.54, 1.807) is 0 Å². The molecule has 1 fully saturated rings. The number of aryl methyl sites for hydroxylation is 1. The van der Waals surface area contributed by atoms with Crippen molar-refractivity contribution in [2.75, 3.05) is 6.54 Å². The molecule has 0 atom stereocenters. The lowest BCUT2D eigenvalue weighted by Crippen LogP contribution is -2.22. The van der Waals surface area contributed by atoms with Gasteiger partial charge in [-0.1, -0.05) is 0 Å². The molecule has 0 amide bonds. The van der Waals surface area contributed by atoms with E-state index in [1.165, 1.54) is 18.4 Å². The van der Waals surface area contributed by atoms with Gasteiger partial charge in [-0.05, 0) is 65.4 Å². The fourth-order valence-corrected chi connectivity index (χ4v) is 2.77. The van der Waals surface area contributed by atoms with Crippen LogP contribution in [0.15, 0.2) is 10.5 Å². The lowest BCUT2D eigenvalue weighted by Gasteiger charge is -2.20. The van der Waals surface area contributed by atoms with Crippen LogP contribution in [0, 0.1) is 13.8 Å². The molecule has 0 spiro atoms. The van der Waals surface area contributed by atoms with E-state index in [1.807, 2.05) is 19.9 Å². The fourth-order valence-electron chi connectivity index (χ4n) is 2.46. The first-order chi connectivity index (χ1) is 7.02. The van der Waals surface area contributed by atoms with Gasteiger partial charge in [0, 0.05) is 12.0 Å². The van der Waals surface area contributed by atoms with Crippen LogP contribution in [0.1, 0.15) is 29.5 Å². The minimum atomic E-state index is 0.185. The molecule has 0 bridgehead atoms. The largest absolute Gasteiger partial charge is 0.507 e. The first-order valence-electron chi connectivity index (χ1n) is 5.21. The molecule has 2 rings (SSSR count). The fraction of sp³-hybridized carbons (Fsp3) is 0.500. The molecule has 3 N–H and O–H groups in total. The van der Waals surface area contributed by atoms with Crippen LogP contribution in [-0.2, 0) is 5.41 Å². The number of phenols is 1. The molecule has 1 aromatic rings. The normalized spacial score (nSPS) is 17.9. The van der Waals surface area contributed by atoms with Gasteiger partial charge in [-0.3, -0.25) is 0 Å². The standard InChI is InChI=1S/C12H16BrNO/c1-7-5-9(15)11(13)8(2)10(7)12(6-14)3-4-12/h5,15H,3-4,6,14H2,1-2H3. The van der Waals surface area contributed by atoms with Gasteiger partial charge in [-0.2, -0.15) is 0 Å². The van der Waals surface area contributed by atoms with E-state index in [0.717, 1.165) is 15.6 Å². The highest BCUT2D eigenvalue weighted by atomic mass is 79.9. The second kappa shape index (κ2) is 3.49. The Morgan fingerprint density at radius 1 is 1.47 bits per heavy atom. The molecule has 1 aliphatic rings. The minimum Gasteiger partial charge on any atom is -0.507 e. The average Bonchev–Trinajstić information content (AvgIpc) is 2.96. The summed E-state index contributed by atoms with van der Waals surface area (Å²) in [7, 11) is 0. The molecule has 1 aliphatic carbocycles.